The monoisotopic (exact) mass is 252 g/mol. The zero-order chi connectivity index (χ0) is 13.7. The van der Waals surface area contributed by atoms with E-state index in [1.165, 1.54) is 18.2 Å². The molecule has 0 radical (unpaired) electrons. The number of aryl methyl sites for hydroxylation is 1. The summed E-state index contributed by atoms with van der Waals surface area (Å²) in [5.74, 6) is -0.0995. The molecule has 18 heavy (non-hydrogen) atoms. The van der Waals surface area contributed by atoms with Gasteiger partial charge in [-0.2, -0.15) is 0 Å². The molecule has 1 rings (SSSR count). The fraction of sp³-hybridized carbons (Fsp3) is 0.417. The molecule has 1 amide bonds. The molecule has 0 unspecified atom stereocenters. The van der Waals surface area contributed by atoms with E-state index in [0.717, 1.165) is 0 Å². The second-order valence-electron chi connectivity index (χ2n) is 4.39. The number of carbonyl (C=O) groups excluding carboxylic acids is 1. The van der Waals surface area contributed by atoms with E-state index in [9.17, 15) is 14.9 Å². The summed E-state index contributed by atoms with van der Waals surface area (Å²) in [6.45, 7) is 5.92. The maximum absolute atomic E-state index is 11.7. The standard InChI is InChI=1S/C12H16N2O4/c1-8(2)7-18-13-12(15)10-4-5-11(14(16)17)9(3)6-10/h4-6,8H,7H2,1-3H3,(H,13,15). The Hall–Kier alpha value is -1.95. The van der Waals surface area contributed by atoms with Crippen LogP contribution in [0.15, 0.2) is 18.2 Å². The number of hydrogen-bond acceptors (Lipinski definition) is 4. The van der Waals surface area contributed by atoms with Gasteiger partial charge in [-0.1, -0.05) is 13.8 Å². The Balaban J connectivity index is 2.70. The molecule has 0 spiro atoms. The minimum atomic E-state index is -0.480. The van der Waals surface area contributed by atoms with Gasteiger partial charge in [0.15, 0.2) is 0 Å². The molecule has 0 saturated heterocycles. The Morgan fingerprint density at radius 3 is 2.67 bits per heavy atom. The summed E-state index contributed by atoms with van der Waals surface area (Å²) < 4.78 is 0. The van der Waals surface area contributed by atoms with Crippen molar-refractivity contribution in [2.45, 2.75) is 20.8 Å². The third-order valence-electron chi connectivity index (χ3n) is 2.24. The third-order valence-corrected chi connectivity index (χ3v) is 2.24. The first-order valence-electron chi connectivity index (χ1n) is 5.59. The average Bonchev–Trinajstić information content (AvgIpc) is 2.27. The van der Waals surface area contributed by atoms with Crippen molar-refractivity contribution >= 4 is 11.6 Å². The van der Waals surface area contributed by atoms with E-state index >= 15 is 0 Å². The summed E-state index contributed by atoms with van der Waals surface area (Å²) in [4.78, 5) is 26.8. The zero-order valence-electron chi connectivity index (χ0n) is 10.6. The highest BCUT2D eigenvalue weighted by atomic mass is 16.7. The lowest BCUT2D eigenvalue weighted by Gasteiger charge is -2.08. The van der Waals surface area contributed by atoms with Gasteiger partial charge < -0.3 is 0 Å². The smallest absolute Gasteiger partial charge is 0.273 e. The molecule has 98 valence electrons. The Bertz CT molecular complexity index is 457. The van der Waals surface area contributed by atoms with Crippen LogP contribution in [0.25, 0.3) is 0 Å². The van der Waals surface area contributed by atoms with Crippen LogP contribution in [0, 0.1) is 23.0 Å². The lowest BCUT2D eigenvalue weighted by molar-refractivity contribution is -0.385. The lowest BCUT2D eigenvalue weighted by atomic mass is 10.1. The Labute approximate surface area is 105 Å². The van der Waals surface area contributed by atoms with E-state index in [1.807, 2.05) is 13.8 Å². The number of carbonyl (C=O) groups is 1. The number of nitrogens with one attached hydrogen (secondary N) is 1. The molecule has 0 aliphatic heterocycles. The number of amides is 1. The Morgan fingerprint density at radius 2 is 2.17 bits per heavy atom. The van der Waals surface area contributed by atoms with Gasteiger partial charge in [0.1, 0.15) is 0 Å². The third kappa shape index (κ3) is 3.81. The van der Waals surface area contributed by atoms with Gasteiger partial charge in [-0.25, -0.2) is 5.48 Å². The van der Waals surface area contributed by atoms with Gasteiger partial charge in [-0.05, 0) is 25.0 Å². The highest BCUT2D eigenvalue weighted by Crippen LogP contribution is 2.18. The highest BCUT2D eigenvalue weighted by Gasteiger charge is 2.13. The van der Waals surface area contributed by atoms with Crippen LogP contribution in [-0.4, -0.2) is 17.4 Å². The molecule has 0 atom stereocenters. The van der Waals surface area contributed by atoms with Crippen molar-refractivity contribution in [3.63, 3.8) is 0 Å². The largest absolute Gasteiger partial charge is 0.274 e. The van der Waals surface area contributed by atoms with Crippen LogP contribution in [0.1, 0.15) is 29.8 Å². The van der Waals surface area contributed by atoms with Crippen LogP contribution in [0.2, 0.25) is 0 Å². The normalized spacial score (nSPS) is 10.4. The fourth-order valence-corrected chi connectivity index (χ4v) is 1.33. The topological polar surface area (TPSA) is 81.5 Å². The predicted molar refractivity (Wildman–Crippen MR) is 66.1 cm³/mol. The molecular formula is C12H16N2O4. The summed E-state index contributed by atoms with van der Waals surface area (Å²) in [7, 11) is 0. The summed E-state index contributed by atoms with van der Waals surface area (Å²) in [6.07, 6.45) is 0. The van der Waals surface area contributed by atoms with Crippen molar-refractivity contribution < 1.29 is 14.6 Å². The SMILES string of the molecule is Cc1cc(C(=O)NOCC(C)C)ccc1[N+](=O)[O-]. The second kappa shape index (κ2) is 6.11. The summed E-state index contributed by atoms with van der Waals surface area (Å²) >= 11 is 0. The van der Waals surface area contributed by atoms with Gasteiger partial charge in [-0.3, -0.25) is 19.7 Å². The van der Waals surface area contributed by atoms with Gasteiger partial charge in [0.2, 0.25) is 0 Å². The van der Waals surface area contributed by atoms with Crippen molar-refractivity contribution in [3.8, 4) is 0 Å². The molecule has 0 aliphatic carbocycles. The number of rotatable bonds is 5. The average molecular weight is 252 g/mol. The van der Waals surface area contributed by atoms with E-state index in [2.05, 4.69) is 5.48 Å². The van der Waals surface area contributed by atoms with Crippen LogP contribution in [0.5, 0.6) is 0 Å². The summed E-state index contributed by atoms with van der Waals surface area (Å²) in [6, 6.07) is 4.18. The van der Waals surface area contributed by atoms with Crippen LogP contribution < -0.4 is 5.48 Å². The van der Waals surface area contributed by atoms with Gasteiger partial charge in [0.05, 0.1) is 11.5 Å². The van der Waals surface area contributed by atoms with E-state index in [-0.39, 0.29) is 5.69 Å². The van der Waals surface area contributed by atoms with Crippen molar-refractivity contribution in [1.29, 1.82) is 0 Å². The van der Waals surface area contributed by atoms with Gasteiger partial charge >= 0.3 is 0 Å². The number of hydroxylamine groups is 1. The van der Waals surface area contributed by atoms with Crippen LogP contribution >= 0.6 is 0 Å². The van der Waals surface area contributed by atoms with Gasteiger partial charge in [-0.15, -0.1) is 0 Å². The molecule has 6 nitrogen and oxygen atoms in total. The predicted octanol–water partition coefficient (Wildman–Crippen LogP) is 2.22. The first-order valence-corrected chi connectivity index (χ1v) is 5.59. The van der Waals surface area contributed by atoms with Crippen molar-refractivity contribution in [2.24, 2.45) is 5.92 Å². The van der Waals surface area contributed by atoms with E-state index in [4.69, 9.17) is 4.84 Å². The Morgan fingerprint density at radius 1 is 1.50 bits per heavy atom. The van der Waals surface area contributed by atoms with Crippen LogP contribution in [0.3, 0.4) is 0 Å². The maximum atomic E-state index is 11.7. The number of nitro benzene ring substituents is 1. The molecule has 1 N–H and O–H groups in total. The van der Waals surface area contributed by atoms with Crippen molar-refractivity contribution in [2.75, 3.05) is 6.61 Å². The summed E-state index contributed by atoms with van der Waals surface area (Å²) in [5, 5.41) is 10.6. The van der Waals surface area contributed by atoms with Gasteiger partial charge in [0, 0.05) is 17.2 Å². The van der Waals surface area contributed by atoms with E-state index in [1.54, 1.807) is 6.92 Å². The summed E-state index contributed by atoms with van der Waals surface area (Å²) in [5.41, 5.74) is 3.07. The number of hydrogen-bond donors (Lipinski definition) is 1. The minimum absolute atomic E-state index is 0.00495. The fourth-order valence-electron chi connectivity index (χ4n) is 1.33. The Kier molecular flexibility index (Phi) is 4.79. The molecule has 1 aromatic carbocycles. The number of nitro groups is 1. The number of benzene rings is 1. The molecule has 1 aromatic rings. The van der Waals surface area contributed by atoms with Crippen molar-refractivity contribution in [3.05, 3.63) is 39.4 Å². The molecule has 0 saturated carbocycles. The molecule has 0 heterocycles. The van der Waals surface area contributed by atoms with Crippen LogP contribution in [-0.2, 0) is 4.84 Å². The first kappa shape index (κ1) is 14.1. The lowest BCUT2D eigenvalue weighted by Crippen LogP contribution is -2.25. The first-order chi connectivity index (χ1) is 8.41. The molecule has 0 fully saturated rings. The molecule has 0 aromatic heterocycles. The van der Waals surface area contributed by atoms with E-state index in [0.29, 0.717) is 23.7 Å². The molecular weight excluding hydrogens is 236 g/mol. The van der Waals surface area contributed by atoms with Crippen molar-refractivity contribution in [1.82, 2.24) is 5.48 Å². The quantitative estimate of drug-likeness (QED) is 0.643. The molecule has 6 heteroatoms. The van der Waals surface area contributed by atoms with Gasteiger partial charge in [0.25, 0.3) is 11.6 Å². The van der Waals surface area contributed by atoms with E-state index < -0.39 is 10.8 Å². The maximum Gasteiger partial charge on any atom is 0.274 e. The number of nitrogens with zero attached hydrogens (tertiary/aromatic N) is 1. The molecule has 0 bridgehead atoms. The zero-order valence-corrected chi connectivity index (χ0v) is 10.6. The minimum Gasteiger partial charge on any atom is -0.273 e. The second-order valence-corrected chi connectivity index (χ2v) is 4.39. The van der Waals surface area contributed by atoms with Crippen LogP contribution in [0.4, 0.5) is 5.69 Å². The highest BCUT2D eigenvalue weighted by molar-refractivity contribution is 5.93. The molecule has 0 aliphatic rings.